The molecule has 0 aromatic rings. The summed E-state index contributed by atoms with van der Waals surface area (Å²) in [5.41, 5.74) is 5.89. The number of carbonyl (C=O) groups excluding carboxylic acids is 1. The first-order valence-corrected chi connectivity index (χ1v) is 6.76. The fourth-order valence-electron chi connectivity index (χ4n) is 2.49. The first-order valence-electron chi connectivity index (χ1n) is 6.76. The number of nitrogens with two attached hydrogens (primary N) is 1. The lowest BCUT2D eigenvalue weighted by molar-refractivity contribution is -0.127. The van der Waals surface area contributed by atoms with Crippen LogP contribution in [0.2, 0.25) is 0 Å². The number of nitrogens with one attached hydrogen (secondary N) is 1. The minimum absolute atomic E-state index is 0.155. The summed E-state index contributed by atoms with van der Waals surface area (Å²) in [6, 6.07) is 0.284. The van der Waals surface area contributed by atoms with Gasteiger partial charge < -0.3 is 15.8 Å². The molecule has 1 aliphatic carbocycles. The topological polar surface area (TPSA) is 64.3 Å². The lowest BCUT2D eigenvalue weighted by atomic mass is 9.78. The molecule has 0 radical (unpaired) electrons. The molecule has 1 aliphatic rings. The van der Waals surface area contributed by atoms with Gasteiger partial charge in [-0.05, 0) is 38.5 Å². The van der Waals surface area contributed by atoms with Crippen molar-refractivity contribution in [1.82, 2.24) is 5.32 Å². The normalized spacial score (nSPS) is 29.0. The van der Waals surface area contributed by atoms with E-state index in [1.165, 1.54) is 0 Å². The summed E-state index contributed by atoms with van der Waals surface area (Å²) >= 11 is 0. The van der Waals surface area contributed by atoms with Crippen molar-refractivity contribution in [1.29, 1.82) is 0 Å². The minimum atomic E-state index is 0.155. The molecule has 4 heteroatoms. The van der Waals surface area contributed by atoms with E-state index in [2.05, 4.69) is 12.2 Å². The Bertz CT molecular complexity index is 233. The van der Waals surface area contributed by atoms with E-state index >= 15 is 0 Å². The van der Waals surface area contributed by atoms with Gasteiger partial charge in [0.05, 0.1) is 0 Å². The van der Waals surface area contributed by atoms with Gasteiger partial charge >= 0.3 is 0 Å². The zero-order valence-corrected chi connectivity index (χ0v) is 11.1. The summed E-state index contributed by atoms with van der Waals surface area (Å²) in [4.78, 5) is 12.0. The van der Waals surface area contributed by atoms with Crippen molar-refractivity contribution in [3.63, 3.8) is 0 Å². The standard InChI is InChI=1S/C13H26N2O2/c1-3-17-8-4-7-15-13(16)12-6-5-11(14)9-10(12)2/h10-12H,3-9,14H2,1-2H3,(H,15,16). The minimum Gasteiger partial charge on any atom is -0.382 e. The van der Waals surface area contributed by atoms with E-state index in [0.29, 0.717) is 12.5 Å². The Hall–Kier alpha value is -0.610. The van der Waals surface area contributed by atoms with Crippen molar-refractivity contribution in [3.8, 4) is 0 Å². The Balaban J connectivity index is 2.18. The second-order valence-corrected chi connectivity index (χ2v) is 5.00. The van der Waals surface area contributed by atoms with Gasteiger partial charge in [-0.3, -0.25) is 4.79 Å². The van der Waals surface area contributed by atoms with E-state index in [4.69, 9.17) is 10.5 Å². The van der Waals surface area contributed by atoms with Crippen LogP contribution in [-0.4, -0.2) is 31.7 Å². The number of ether oxygens (including phenoxy) is 1. The molecular formula is C13H26N2O2. The molecule has 100 valence electrons. The van der Waals surface area contributed by atoms with Gasteiger partial charge in [0.1, 0.15) is 0 Å². The Kier molecular flexibility index (Phi) is 6.52. The molecule has 4 nitrogen and oxygen atoms in total. The van der Waals surface area contributed by atoms with Crippen LogP contribution in [0.15, 0.2) is 0 Å². The summed E-state index contributed by atoms with van der Waals surface area (Å²) < 4.78 is 5.23. The molecule has 0 aromatic carbocycles. The molecule has 0 heterocycles. The highest BCUT2D eigenvalue weighted by Crippen LogP contribution is 2.29. The highest BCUT2D eigenvalue weighted by atomic mass is 16.5. The van der Waals surface area contributed by atoms with E-state index in [1.54, 1.807) is 0 Å². The van der Waals surface area contributed by atoms with E-state index < -0.39 is 0 Å². The summed E-state index contributed by atoms with van der Waals surface area (Å²) in [5, 5.41) is 3.00. The fourth-order valence-corrected chi connectivity index (χ4v) is 2.49. The molecule has 3 unspecified atom stereocenters. The molecule has 3 atom stereocenters. The van der Waals surface area contributed by atoms with Crippen LogP contribution in [0.5, 0.6) is 0 Å². The molecule has 3 N–H and O–H groups in total. The van der Waals surface area contributed by atoms with Crippen LogP contribution in [-0.2, 0) is 9.53 Å². The predicted octanol–water partition coefficient (Wildman–Crippen LogP) is 1.29. The number of hydrogen-bond acceptors (Lipinski definition) is 3. The van der Waals surface area contributed by atoms with Gasteiger partial charge in [0, 0.05) is 31.7 Å². The maximum Gasteiger partial charge on any atom is 0.223 e. The lowest BCUT2D eigenvalue weighted by Crippen LogP contribution is -2.41. The van der Waals surface area contributed by atoms with Crippen molar-refractivity contribution in [3.05, 3.63) is 0 Å². The largest absolute Gasteiger partial charge is 0.382 e. The fraction of sp³-hybridized carbons (Fsp3) is 0.923. The van der Waals surface area contributed by atoms with Gasteiger partial charge in [0.25, 0.3) is 0 Å². The van der Waals surface area contributed by atoms with E-state index in [9.17, 15) is 4.79 Å². The highest BCUT2D eigenvalue weighted by molar-refractivity contribution is 5.79. The number of hydrogen-bond donors (Lipinski definition) is 2. The number of amides is 1. The molecule has 1 saturated carbocycles. The molecule has 0 spiro atoms. The first-order chi connectivity index (χ1) is 8.15. The lowest BCUT2D eigenvalue weighted by Gasteiger charge is -2.31. The maximum absolute atomic E-state index is 12.0. The van der Waals surface area contributed by atoms with Gasteiger partial charge in [-0.1, -0.05) is 6.92 Å². The molecule has 1 fully saturated rings. The van der Waals surface area contributed by atoms with Gasteiger partial charge in [-0.25, -0.2) is 0 Å². The smallest absolute Gasteiger partial charge is 0.223 e. The zero-order valence-electron chi connectivity index (χ0n) is 11.1. The first kappa shape index (κ1) is 14.5. The van der Waals surface area contributed by atoms with Crippen molar-refractivity contribution in [2.24, 2.45) is 17.6 Å². The second kappa shape index (κ2) is 7.67. The zero-order chi connectivity index (χ0) is 12.7. The highest BCUT2D eigenvalue weighted by Gasteiger charge is 2.30. The maximum atomic E-state index is 12.0. The van der Waals surface area contributed by atoms with Gasteiger partial charge in [-0.15, -0.1) is 0 Å². The molecule has 0 bridgehead atoms. The Labute approximate surface area is 104 Å². The SMILES string of the molecule is CCOCCCNC(=O)C1CCC(N)CC1C. The average Bonchev–Trinajstić information content (AvgIpc) is 2.28. The summed E-state index contributed by atoms with van der Waals surface area (Å²) in [5.74, 6) is 0.758. The molecular weight excluding hydrogens is 216 g/mol. The third-order valence-electron chi connectivity index (χ3n) is 3.52. The van der Waals surface area contributed by atoms with Crippen LogP contribution >= 0.6 is 0 Å². The van der Waals surface area contributed by atoms with Gasteiger partial charge in [0.15, 0.2) is 0 Å². The third kappa shape index (κ3) is 5.04. The van der Waals surface area contributed by atoms with Gasteiger partial charge in [0.2, 0.25) is 5.91 Å². The van der Waals surface area contributed by atoms with Crippen LogP contribution in [0.1, 0.15) is 39.5 Å². The van der Waals surface area contributed by atoms with E-state index in [-0.39, 0.29) is 17.9 Å². The van der Waals surface area contributed by atoms with E-state index in [0.717, 1.165) is 38.9 Å². The van der Waals surface area contributed by atoms with Crippen molar-refractivity contribution >= 4 is 5.91 Å². The van der Waals surface area contributed by atoms with Crippen LogP contribution in [0.4, 0.5) is 0 Å². The van der Waals surface area contributed by atoms with Crippen molar-refractivity contribution in [2.75, 3.05) is 19.8 Å². The number of carbonyl (C=O) groups is 1. The van der Waals surface area contributed by atoms with Gasteiger partial charge in [-0.2, -0.15) is 0 Å². The molecule has 0 aromatic heterocycles. The molecule has 1 amide bonds. The van der Waals surface area contributed by atoms with Crippen molar-refractivity contribution in [2.45, 2.75) is 45.6 Å². The Morgan fingerprint density at radius 2 is 2.24 bits per heavy atom. The third-order valence-corrected chi connectivity index (χ3v) is 3.52. The Morgan fingerprint density at radius 3 is 2.88 bits per heavy atom. The van der Waals surface area contributed by atoms with Crippen LogP contribution in [0.3, 0.4) is 0 Å². The quantitative estimate of drug-likeness (QED) is 0.690. The monoisotopic (exact) mass is 242 g/mol. The molecule has 17 heavy (non-hydrogen) atoms. The van der Waals surface area contributed by atoms with Crippen LogP contribution in [0, 0.1) is 11.8 Å². The molecule has 0 saturated heterocycles. The Morgan fingerprint density at radius 1 is 1.47 bits per heavy atom. The summed E-state index contributed by atoms with van der Waals surface area (Å²) in [7, 11) is 0. The van der Waals surface area contributed by atoms with Crippen LogP contribution < -0.4 is 11.1 Å². The molecule has 1 rings (SSSR count). The predicted molar refractivity (Wildman–Crippen MR) is 68.6 cm³/mol. The average molecular weight is 242 g/mol. The van der Waals surface area contributed by atoms with Crippen LogP contribution in [0.25, 0.3) is 0 Å². The molecule has 0 aliphatic heterocycles. The summed E-state index contributed by atoms with van der Waals surface area (Å²) in [6.45, 7) is 6.29. The number of rotatable bonds is 6. The summed E-state index contributed by atoms with van der Waals surface area (Å²) in [6.07, 6.45) is 3.76. The van der Waals surface area contributed by atoms with E-state index in [1.807, 2.05) is 6.92 Å². The van der Waals surface area contributed by atoms with Crippen molar-refractivity contribution < 1.29 is 9.53 Å². The second-order valence-electron chi connectivity index (χ2n) is 5.00.